The van der Waals surface area contributed by atoms with Crippen molar-refractivity contribution < 1.29 is 18.0 Å². The number of carbonyl (C=O) groups is 1. The van der Waals surface area contributed by atoms with E-state index in [-0.39, 0.29) is 36.6 Å². The van der Waals surface area contributed by atoms with Crippen molar-refractivity contribution in [2.24, 2.45) is 11.3 Å². The molecule has 0 aromatic carbocycles. The number of halogens is 3. The lowest BCUT2D eigenvalue weighted by Crippen LogP contribution is -2.32. The highest BCUT2D eigenvalue weighted by Gasteiger charge is 2.43. The first-order valence-electron chi connectivity index (χ1n) is 10.0. The molecular weight excluding hydrogens is 355 g/mol. The third kappa shape index (κ3) is 4.85. The second-order valence-corrected chi connectivity index (χ2v) is 9.28. The standard InChI is InChI=1S/C20H30F3N3O/c1-19(2,3)12-16(27)24-18-17(13-7-5-4-6-8-13)15-11-14(20(21,22)23)9-10-26(15)25-18/h13-14H,4-12H2,1-3H3,(H,24,25,27). The van der Waals surface area contributed by atoms with Crippen molar-refractivity contribution in [1.82, 2.24) is 9.78 Å². The van der Waals surface area contributed by atoms with E-state index >= 15 is 0 Å². The Morgan fingerprint density at radius 1 is 1.15 bits per heavy atom. The van der Waals surface area contributed by atoms with Gasteiger partial charge in [-0.05, 0) is 30.6 Å². The Kier molecular flexibility index (Phi) is 5.59. The van der Waals surface area contributed by atoms with Gasteiger partial charge in [0.15, 0.2) is 5.82 Å². The monoisotopic (exact) mass is 385 g/mol. The van der Waals surface area contributed by atoms with Gasteiger partial charge in [-0.1, -0.05) is 40.0 Å². The summed E-state index contributed by atoms with van der Waals surface area (Å²) in [5.41, 5.74) is 1.39. The molecule has 27 heavy (non-hydrogen) atoms. The lowest BCUT2D eigenvalue weighted by Gasteiger charge is -2.28. The Bertz CT molecular complexity index is 682. The van der Waals surface area contributed by atoms with Crippen molar-refractivity contribution in [1.29, 1.82) is 0 Å². The molecule has 1 N–H and O–H groups in total. The smallest absolute Gasteiger partial charge is 0.309 e. The number of carbonyl (C=O) groups excluding carboxylic acids is 1. The van der Waals surface area contributed by atoms with E-state index < -0.39 is 12.1 Å². The lowest BCUT2D eigenvalue weighted by molar-refractivity contribution is -0.179. The highest BCUT2D eigenvalue weighted by molar-refractivity contribution is 5.91. The number of aromatic nitrogens is 2. The molecule has 0 saturated heterocycles. The first kappa shape index (κ1) is 20.2. The zero-order valence-corrected chi connectivity index (χ0v) is 16.5. The van der Waals surface area contributed by atoms with Crippen molar-refractivity contribution in [3.05, 3.63) is 11.3 Å². The summed E-state index contributed by atoms with van der Waals surface area (Å²) in [4.78, 5) is 12.5. The summed E-state index contributed by atoms with van der Waals surface area (Å²) < 4.78 is 41.6. The van der Waals surface area contributed by atoms with Crippen LogP contribution in [0.3, 0.4) is 0 Å². The van der Waals surface area contributed by atoms with Crippen LogP contribution in [-0.2, 0) is 17.8 Å². The number of anilines is 1. The van der Waals surface area contributed by atoms with Crippen molar-refractivity contribution in [2.75, 3.05) is 5.32 Å². The molecule has 1 aliphatic carbocycles. The molecule has 1 unspecified atom stereocenters. The van der Waals surface area contributed by atoms with Crippen LogP contribution in [0.1, 0.15) is 82.9 Å². The summed E-state index contributed by atoms with van der Waals surface area (Å²) in [5.74, 6) is -0.752. The van der Waals surface area contributed by atoms with Crippen LogP contribution in [0.4, 0.5) is 19.0 Å². The molecular formula is C20H30F3N3O. The van der Waals surface area contributed by atoms with Crippen LogP contribution in [-0.4, -0.2) is 21.9 Å². The number of fused-ring (bicyclic) bond motifs is 1. The fourth-order valence-corrected chi connectivity index (χ4v) is 4.37. The van der Waals surface area contributed by atoms with Crippen LogP contribution in [0.2, 0.25) is 0 Å². The van der Waals surface area contributed by atoms with Gasteiger partial charge in [0.1, 0.15) is 0 Å². The molecule has 1 aromatic rings. The normalized spacial score (nSPS) is 21.8. The van der Waals surface area contributed by atoms with E-state index in [1.165, 1.54) is 0 Å². The SMILES string of the molecule is CC(C)(C)CC(=O)Nc1nn2c(c1C1CCCCC1)CC(C(F)(F)F)CC2. The Hall–Kier alpha value is -1.53. The maximum Gasteiger partial charge on any atom is 0.392 e. The molecule has 1 saturated carbocycles. The van der Waals surface area contributed by atoms with Gasteiger partial charge in [-0.25, -0.2) is 0 Å². The minimum atomic E-state index is -4.19. The predicted molar refractivity (Wildman–Crippen MR) is 98.6 cm³/mol. The molecule has 3 rings (SSSR count). The number of aryl methyl sites for hydroxylation is 1. The molecule has 1 aromatic heterocycles. The van der Waals surface area contributed by atoms with Gasteiger partial charge >= 0.3 is 6.18 Å². The van der Waals surface area contributed by atoms with Gasteiger partial charge in [-0.2, -0.15) is 18.3 Å². The van der Waals surface area contributed by atoms with Gasteiger partial charge in [0, 0.05) is 30.6 Å². The highest BCUT2D eigenvalue weighted by Crippen LogP contribution is 2.43. The minimum absolute atomic E-state index is 0.0303. The van der Waals surface area contributed by atoms with Crippen LogP contribution in [0.5, 0.6) is 0 Å². The zero-order chi connectivity index (χ0) is 19.8. The topological polar surface area (TPSA) is 46.9 Å². The average molecular weight is 385 g/mol. The Labute approximate surface area is 158 Å². The molecule has 1 aliphatic heterocycles. The maximum absolute atomic E-state index is 13.3. The molecule has 2 aliphatic rings. The molecule has 0 spiro atoms. The van der Waals surface area contributed by atoms with Crippen molar-refractivity contribution in [3.63, 3.8) is 0 Å². The summed E-state index contributed by atoms with van der Waals surface area (Å²) in [6.45, 7) is 6.22. The van der Waals surface area contributed by atoms with E-state index in [0.717, 1.165) is 37.7 Å². The van der Waals surface area contributed by atoms with Gasteiger partial charge in [-0.15, -0.1) is 0 Å². The molecule has 0 bridgehead atoms. The van der Waals surface area contributed by atoms with Gasteiger partial charge in [0.05, 0.1) is 5.92 Å². The number of amides is 1. The third-order valence-corrected chi connectivity index (χ3v) is 5.65. The van der Waals surface area contributed by atoms with Crippen molar-refractivity contribution in [3.8, 4) is 0 Å². The first-order chi connectivity index (χ1) is 12.5. The summed E-state index contributed by atoms with van der Waals surface area (Å²) in [6, 6.07) is 0. The Balaban J connectivity index is 1.91. The third-order valence-electron chi connectivity index (χ3n) is 5.65. The number of hydrogen-bond donors (Lipinski definition) is 1. The second-order valence-electron chi connectivity index (χ2n) is 9.28. The maximum atomic E-state index is 13.3. The van der Waals surface area contributed by atoms with E-state index in [2.05, 4.69) is 10.4 Å². The summed E-state index contributed by atoms with van der Waals surface area (Å²) >= 11 is 0. The predicted octanol–water partition coefficient (Wildman–Crippen LogP) is 5.43. The van der Waals surface area contributed by atoms with Crippen molar-refractivity contribution >= 4 is 11.7 Å². The molecule has 0 radical (unpaired) electrons. The molecule has 1 fully saturated rings. The van der Waals surface area contributed by atoms with Crippen LogP contribution < -0.4 is 5.32 Å². The lowest BCUT2D eigenvalue weighted by atomic mass is 9.81. The summed E-state index contributed by atoms with van der Waals surface area (Å²) in [7, 11) is 0. The van der Waals surface area contributed by atoms with Gasteiger partial charge < -0.3 is 5.32 Å². The fraction of sp³-hybridized carbons (Fsp3) is 0.800. The molecule has 2 heterocycles. The number of rotatable bonds is 3. The number of alkyl halides is 3. The van der Waals surface area contributed by atoms with Gasteiger partial charge in [0.2, 0.25) is 5.91 Å². The van der Waals surface area contributed by atoms with E-state index in [0.29, 0.717) is 17.9 Å². The molecule has 4 nitrogen and oxygen atoms in total. The Morgan fingerprint density at radius 2 is 1.81 bits per heavy atom. The first-order valence-corrected chi connectivity index (χ1v) is 10.0. The molecule has 7 heteroatoms. The van der Waals surface area contributed by atoms with Crippen LogP contribution >= 0.6 is 0 Å². The molecule has 152 valence electrons. The average Bonchev–Trinajstić information content (AvgIpc) is 2.89. The van der Waals surface area contributed by atoms with Gasteiger partial charge in [0.25, 0.3) is 0 Å². The van der Waals surface area contributed by atoms with Crippen LogP contribution in [0, 0.1) is 11.3 Å². The van der Waals surface area contributed by atoms with Crippen LogP contribution in [0.25, 0.3) is 0 Å². The quantitative estimate of drug-likeness (QED) is 0.754. The zero-order valence-electron chi connectivity index (χ0n) is 16.5. The Morgan fingerprint density at radius 3 is 2.41 bits per heavy atom. The van der Waals surface area contributed by atoms with Gasteiger partial charge in [-0.3, -0.25) is 9.48 Å². The number of nitrogens with zero attached hydrogens (tertiary/aromatic N) is 2. The summed E-state index contributed by atoms with van der Waals surface area (Å²) in [5, 5.41) is 7.45. The second kappa shape index (κ2) is 7.47. The highest BCUT2D eigenvalue weighted by atomic mass is 19.4. The largest absolute Gasteiger partial charge is 0.392 e. The summed E-state index contributed by atoms with van der Waals surface area (Å²) in [6.07, 6.45) is 1.42. The van der Waals surface area contributed by atoms with E-state index in [4.69, 9.17) is 0 Å². The fourth-order valence-electron chi connectivity index (χ4n) is 4.37. The van der Waals surface area contributed by atoms with E-state index in [1.807, 2.05) is 20.8 Å². The number of hydrogen-bond acceptors (Lipinski definition) is 2. The van der Waals surface area contributed by atoms with E-state index in [9.17, 15) is 18.0 Å². The van der Waals surface area contributed by atoms with Crippen LogP contribution in [0.15, 0.2) is 0 Å². The number of nitrogens with one attached hydrogen (secondary N) is 1. The minimum Gasteiger partial charge on any atom is -0.309 e. The van der Waals surface area contributed by atoms with E-state index in [1.54, 1.807) is 4.68 Å². The molecule has 1 atom stereocenters. The van der Waals surface area contributed by atoms with Crippen molar-refractivity contribution in [2.45, 2.75) is 90.8 Å². The molecule has 1 amide bonds.